The summed E-state index contributed by atoms with van der Waals surface area (Å²) in [6.45, 7) is 6.68. The zero-order valence-corrected chi connectivity index (χ0v) is 11.1. The molecule has 0 radical (unpaired) electrons. The second-order valence-corrected chi connectivity index (χ2v) is 4.22. The van der Waals surface area contributed by atoms with Gasteiger partial charge in [-0.2, -0.15) is 0 Å². The van der Waals surface area contributed by atoms with E-state index in [0.717, 1.165) is 28.1 Å². The van der Waals surface area contributed by atoms with Crippen molar-refractivity contribution in [1.82, 2.24) is 15.3 Å². The van der Waals surface area contributed by atoms with Crippen molar-refractivity contribution in [2.24, 2.45) is 0 Å². The smallest absolute Gasteiger partial charge is 0.120 e. The van der Waals surface area contributed by atoms with E-state index >= 15 is 0 Å². The zero-order valence-electron chi connectivity index (χ0n) is 9.55. The molecular weight excluding hydrogens is 266 g/mol. The number of aromatic amines is 1. The summed E-state index contributed by atoms with van der Waals surface area (Å²) in [6, 6.07) is 0. The van der Waals surface area contributed by atoms with Gasteiger partial charge < -0.3 is 10.3 Å². The lowest BCUT2D eigenvalue weighted by Gasteiger charge is -1.96. The minimum absolute atomic E-state index is 0.732. The Morgan fingerprint density at radius 1 is 1.62 bits per heavy atom. The minimum atomic E-state index is 0.732. The summed E-state index contributed by atoms with van der Waals surface area (Å²) in [5.41, 5.74) is 1.85. The van der Waals surface area contributed by atoms with Crippen LogP contribution in [0.2, 0.25) is 0 Å². The van der Waals surface area contributed by atoms with Crippen LogP contribution in [-0.2, 0) is 6.54 Å². The lowest BCUT2D eigenvalue weighted by Crippen LogP contribution is -2.06. The van der Waals surface area contributed by atoms with Gasteiger partial charge in [0.15, 0.2) is 0 Å². The molecule has 0 atom stereocenters. The summed E-state index contributed by atoms with van der Waals surface area (Å²) >= 11 is 3.41. The predicted molar refractivity (Wildman–Crippen MR) is 72.2 cm³/mol. The highest BCUT2D eigenvalue weighted by Gasteiger charge is 2.00. The molecule has 0 saturated carbocycles. The summed E-state index contributed by atoms with van der Waals surface area (Å²) in [4.78, 5) is 7.43. The molecule has 0 spiro atoms. The maximum absolute atomic E-state index is 4.24. The normalized spacial score (nSPS) is 12.3. The molecule has 3 nitrogen and oxygen atoms in total. The van der Waals surface area contributed by atoms with Gasteiger partial charge in [-0.05, 0) is 25.6 Å². The summed E-state index contributed by atoms with van der Waals surface area (Å²) < 4.78 is 1.03. The first-order valence-corrected chi connectivity index (χ1v) is 5.84. The van der Waals surface area contributed by atoms with Crippen LogP contribution in [0.5, 0.6) is 0 Å². The number of nitrogens with one attached hydrogen (secondary N) is 2. The fraction of sp³-hybridized carbons (Fsp3) is 0.250. The van der Waals surface area contributed by atoms with E-state index in [9.17, 15) is 0 Å². The van der Waals surface area contributed by atoms with Crippen LogP contribution in [0.1, 0.15) is 18.4 Å². The van der Waals surface area contributed by atoms with Crippen molar-refractivity contribution in [3.05, 3.63) is 47.0 Å². The third-order valence-electron chi connectivity index (χ3n) is 2.04. The number of H-pyrrole nitrogens is 1. The molecule has 2 N–H and O–H groups in total. The fourth-order valence-electron chi connectivity index (χ4n) is 1.15. The predicted octanol–water partition coefficient (Wildman–Crippen LogP) is 3.00. The van der Waals surface area contributed by atoms with E-state index in [-0.39, 0.29) is 0 Å². The number of hydrogen-bond acceptors (Lipinski definition) is 2. The maximum atomic E-state index is 4.24. The van der Waals surface area contributed by atoms with Gasteiger partial charge in [-0.3, -0.25) is 0 Å². The van der Waals surface area contributed by atoms with Crippen LogP contribution < -0.4 is 5.32 Å². The second-order valence-electron chi connectivity index (χ2n) is 3.31. The largest absolute Gasteiger partial charge is 0.341 e. The van der Waals surface area contributed by atoms with Gasteiger partial charge in [0.25, 0.3) is 0 Å². The molecule has 1 aromatic rings. The Balaban J connectivity index is 2.69. The molecule has 0 aliphatic heterocycles. The fourth-order valence-corrected chi connectivity index (χ4v) is 1.28. The van der Waals surface area contributed by atoms with Gasteiger partial charge in [0, 0.05) is 4.48 Å². The highest BCUT2D eigenvalue weighted by atomic mass is 79.9. The molecule has 16 heavy (non-hydrogen) atoms. The van der Waals surface area contributed by atoms with Crippen molar-refractivity contribution >= 4 is 21.5 Å². The SMILES string of the molecule is C=C(/C=C\C(Br)=C/C)c1cnc(CNC)[nH]1. The average molecular weight is 282 g/mol. The Bertz CT molecular complexity index is 416. The van der Waals surface area contributed by atoms with E-state index in [0.29, 0.717) is 0 Å². The Hall–Kier alpha value is -1.13. The molecule has 1 heterocycles. The monoisotopic (exact) mass is 281 g/mol. The molecule has 1 aromatic heterocycles. The molecule has 0 fully saturated rings. The van der Waals surface area contributed by atoms with Gasteiger partial charge in [-0.15, -0.1) is 0 Å². The first-order chi connectivity index (χ1) is 7.67. The number of rotatable bonds is 5. The van der Waals surface area contributed by atoms with Crippen LogP contribution in [-0.4, -0.2) is 17.0 Å². The molecule has 0 aliphatic carbocycles. The van der Waals surface area contributed by atoms with Crippen molar-refractivity contribution in [3.8, 4) is 0 Å². The van der Waals surface area contributed by atoms with Gasteiger partial charge >= 0.3 is 0 Å². The standard InChI is InChI=1S/C12H16BrN3/c1-4-10(13)6-5-9(2)11-7-15-12(16-11)8-14-3/h4-7,14H,2,8H2,1,3H3,(H,15,16)/b6-5-,10-4+. The molecule has 0 aromatic carbocycles. The van der Waals surface area contributed by atoms with Crippen molar-refractivity contribution in [2.45, 2.75) is 13.5 Å². The van der Waals surface area contributed by atoms with Gasteiger partial charge in [0.2, 0.25) is 0 Å². The van der Waals surface area contributed by atoms with Crippen molar-refractivity contribution in [3.63, 3.8) is 0 Å². The summed E-state index contributed by atoms with van der Waals surface area (Å²) in [5.74, 6) is 0.914. The molecule has 86 valence electrons. The minimum Gasteiger partial charge on any atom is -0.341 e. The molecule has 0 amide bonds. The van der Waals surface area contributed by atoms with Crippen LogP contribution in [0.4, 0.5) is 0 Å². The van der Waals surface area contributed by atoms with Gasteiger partial charge in [0.1, 0.15) is 5.82 Å². The van der Waals surface area contributed by atoms with E-state index < -0.39 is 0 Å². The number of nitrogens with zero attached hydrogens (tertiary/aromatic N) is 1. The Morgan fingerprint density at radius 3 is 3.00 bits per heavy atom. The Kier molecular flexibility index (Phi) is 5.22. The number of halogens is 1. The number of hydrogen-bond donors (Lipinski definition) is 2. The van der Waals surface area contributed by atoms with E-state index in [1.165, 1.54) is 0 Å². The topological polar surface area (TPSA) is 40.7 Å². The number of aromatic nitrogens is 2. The van der Waals surface area contributed by atoms with E-state index in [4.69, 9.17) is 0 Å². The van der Waals surface area contributed by atoms with Crippen LogP contribution in [0, 0.1) is 0 Å². The summed E-state index contributed by atoms with van der Waals surface area (Å²) in [6.07, 6.45) is 7.67. The van der Waals surface area contributed by atoms with Crippen molar-refractivity contribution in [2.75, 3.05) is 7.05 Å². The third kappa shape index (κ3) is 3.79. The lowest BCUT2D eigenvalue weighted by molar-refractivity contribution is 0.771. The van der Waals surface area contributed by atoms with E-state index in [2.05, 4.69) is 37.8 Å². The quantitative estimate of drug-likeness (QED) is 0.815. The molecule has 4 heteroatoms. The van der Waals surface area contributed by atoms with E-state index in [1.807, 2.05) is 32.2 Å². The highest BCUT2D eigenvalue weighted by Crippen LogP contribution is 2.14. The highest BCUT2D eigenvalue weighted by molar-refractivity contribution is 9.11. The van der Waals surface area contributed by atoms with Crippen LogP contribution in [0.15, 0.2) is 35.5 Å². The molecule has 0 saturated heterocycles. The van der Waals surface area contributed by atoms with Gasteiger partial charge in [-0.1, -0.05) is 34.7 Å². The third-order valence-corrected chi connectivity index (χ3v) is 2.76. The Labute approximate surface area is 104 Å². The average Bonchev–Trinajstić information content (AvgIpc) is 2.74. The van der Waals surface area contributed by atoms with Gasteiger partial charge in [0.05, 0.1) is 18.4 Å². The molecule has 1 rings (SSSR count). The number of allylic oxidation sites excluding steroid dienone is 5. The number of imidazole rings is 1. The molecule has 0 aliphatic rings. The first kappa shape index (κ1) is 12.9. The first-order valence-electron chi connectivity index (χ1n) is 5.05. The van der Waals surface area contributed by atoms with Crippen molar-refractivity contribution < 1.29 is 0 Å². The van der Waals surface area contributed by atoms with Gasteiger partial charge in [-0.25, -0.2) is 4.98 Å². The molecule has 0 bridgehead atoms. The summed E-state index contributed by atoms with van der Waals surface area (Å²) in [7, 11) is 1.89. The lowest BCUT2D eigenvalue weighted by atomic mass is 10.2. The zero-order chi connectivity index (χ0) is 12.0. The van der Waals surface area contributed by atoms with Crippen LogP contribution in [0.25, 0.3) is 5.57 Å². The Morgan fingerprint density at radius 2 is 2.38 bits per heavy atom. The molecular formula is C12H16BrN3. The van der Waals surface area contributed by atoms with Crippen LogP contribution in [0.3, 0.4) is 0 Å². The maximum Gasteiger partial charge on any atom is 0.120 e. The van der Waals surface area contributed by atoms with E-state index in [1.54, 1.807) is 6.20 Å². The second kappa shape index (κ2) is 6.45. The summed E-state index contributed by atoms with van der Waals surface area (Å²) in [5, 5.41) is 3.04. The van der Waals surface area contributed by atoms with Crippen LogP contribution >= 0.6 is 15.9 Å². The van der Waals surface area contributed by atoms with Crippen molar-refractivity contribution in [1.29, 1.82) is 0 Å². The molecule has 0 unspecified atom stereocenters.